The molecule has 0 aliphatic carbocycles. The summed E-state index contributed by atoms with van der Waals surface area (Å²) < 4.78 is 5.01. The van der Waals surface area contributed by atoms with Gasteiger partial charge in [0.2, 0.25) is 0 Å². The van der Waals surface area contributed by atoms with Crippen molar-refractivity contribution in [2.24, 2.45) is 0 Å². The molecular formula is C19H24N2O3. The maximum atomic E-state index is 11.9. The lowest BCUT2D eigenvalue weighted by Crippen LogP contribution is -2.26. The average Bonchev–Trinajstić information content (AvgIpc) is 2.61. The molecule has 0 aliphatic heterocycles. The van der Waals surface area contributed by atoms with Crippen LogP contribution >= 0.6 is 0 Å². The van der Waals surface area contributed by atoms with Crippen molar-refractivity contribution in [2.75, 3.05) is 17.7 Å². The van der Waals surface area contributed by atoms with Crippen molar-refractivity contribution >= 4 is 17.3 Å². The molecule has 0 saturated carbocycles. The zero-order valence-corrected chi connectivity index (χ0v) is 14.2. The molecule has 2 rings (SSSR count). The standard InChI is InChI=1S/C19H24N2O3/c1-13(16-7-4-6-15(10-16)12-22)20-17-8-5-9-18(11-17)21-19(23)14(2)24-3/h4-11,13-14,20,22H,12H2,1-3H3,(H,21,23). The third kappa shape index (κ3) is 4.81. The Hall–Kier alpha value is -2.37. The fraction of sp³-hybridized carbons (Fsp3) is 0.316. The summed E-state index contributed by atoms with van der Waals surface area (Å²) in [6.07, 6.45) is -0.498. The summed E-state index contributed by atoms with van der Waals surface area (Å²) in [4.78, 5) is 11.9. The maximum absolute atomic E-state index is 11.9. The predicted octanol–water partition coefficient (Wildman–Crippen LogP) is 3.33. The zero-order chi connectivity index (χ0) is 17.5. The quantitative estimate of drug-likeness (QED) is 0.729. The molecular weight excluding hydrogens is 304 g/mol. The Morgan fingerprint density at radius 1 is 1.12 bits per heavy atom. The molecule has 0 aromatic heterocycles. The van der Waals surface area contributed by atoms with E-state index in [0.29, 0.717) is 5.69 Å². The van der Waals surface area contributed by atoms with Crippen molar-refractivity contribution in [2.45, 2.75) is 32.6 Å². The van der Waals surface area contributed by atoms with Crippen LogP contribution in [0.4, 0.5) is 11.4 Å². The Labute approximate surface area is 142 Å². The van der Waals surface area contributed by atoms with Gasteiger partial charge in [-0.05, 0) is 43.2 Å². The maximum Gasteiger partial charge on any atom is 0.253 e. The van der Waals surface area contributed by atoms with Gasteiger partial charge in [0.15, 0.2) is 0 Å². The molecule has 2 aromatic rings. The van der Waals surface area contributed by atoms with Gasteiger partial charge in [-0.2, -0.15) is 0 Å². The van der Waals surface area contributed by atoms with E-state index in [9.17, 15) is 9.90 Å². The number of methoxy groups -OCH3 is 1. The number of hydrogen-bond acceptors (Lipinski definition) is 4. The number of aliphatic hydroxyl groups is 1. The summed E-state index contributed by atoms with van der Waals surface area (Å²) >= 11 is 0. The highest BCUT2D eigenvalue weighted by Crippen LogP contribution is 2.22. The molecule has 0 aliphatic rings. The zero-order valence-electron chi connectivity index (χ0n) is 14.2. The van der Waals surface area contributed by atoms with Gasteiger partial charge in [0, 0.05) is 24.5 Å². The minimum absolute atomic E-state index is 0.0275. The molecule has 0 radical (unpaired) electrons. The molecule has 2 aromatic carbocycles. The van der Waals surface area contributed by atoms with Crippen LogP contribution in [0.5, 0.6) is 0 Å². The van der Waals surface area contributed by atoms with E-state index in [2.05, 4.69) is 17.6 Å². The molecule has 128 valence electrons. The smallest absolute Gasteiger partial charge is 0.253 e. The van der Waals surface area contributed by atoms with Crippen LogP contribution in [0.15, 0.2) is 48.5 Å². The highest BCUT2D eigenvalue weighted by Gasteiger charge is 2.12. The van der Waals surface area contributed by atoms with E-state index >= 15 is 0 Å². The van der Waals surface area contributed by atoms with E-state index < -0.39 is 6.10 Å². The van der Waals surface area contributed by atoms with Crippen molar-refractivity contribution in [3.05, 3.63) is 59.7 Å². The van der Waals surface area contributed by atoms with Gasteiger partial charge >= 0.3 is 0 Å². The van der Waals surface area contributed by atoms with Gasteiger partial charge in [-0.3, -0.25) is 4.79 Å². The first-order valence-electron chi connectivity index (χ1n) is 7.93. The minimum atomic E-state index is -0.498. The van der Waals surface area contributed by atoms with Crippen LogP contribution in [0, 0.1) is 0 Å². The van der Waals surface area contributed by atoms with Gasteiger partial charge in [0.25, 0.3) is 5.91 Å². The Morgan fingerprint density at radius 3 is 2.54 bits per heavy atom. The van der Waals surface area contributed by atoms with Crippen molar-refractivity contribution in [1.29, 1.82) is 0 Å². The highest BCUT2D eigenvalue weighted by atomic mass is 16.5. The first-order chi connectivity index (χ1) is 11.5. The third-order valence-electron chi connectivity index (χ3n) is 3.87. The van der Waals surface area contributed by atoms with Gasteiger partial charge in [0.1, 0.15) is 6.10 Å². The lowest BCUT2D eigenvalue weighted by molar-refractivity contribution is -0.124. The Morgan fingerprint density at radius 2 is 1.83 bits per heavy atom. The number of hydrogen-bond donors (Lipinski definition) is 3. The van der Waals surface area contributed by atoms with Gasteiger partial charge in [-0.15, -0.1) is 0 Å². The molecule has 1 amide bonds. The number of aliphatic hydroxyl groups excluding tert-OH is 1. The normalized spacial score (nSPS) is 13.2. The van der Waals surface area contributed by atoms with E-state index in [1.54, 1.807) is 6.92 Å². The molecule has 2 unspecified atom stereocenters. The number of carbonyl (C=O) groups is 1. The molecule has 0 spiro atoms. The summed E-state index contributed by atoms with van der Waals surface area (Å²) in [6, 6.07) is 15.4. The topological polar surface area (TPSA) is 70.6 Å². The largest absolute Gasteiger partial charge is 0.392 e. The Kier molecular flexibility index (Phi) is 6.35. The van der Waals surface area contributed by atoms with E-state index in [4.69, 9.17) is 4.74 Å². The summed E-state index contributed by atoms with van der Waals surface area (Å²) in [7, 11) is 1.50. The summed E-state index contributed by atoms with van der Waals surface area (Å²) in [5.74, 6) is -0.182. The Balaban J connectivity index is 2.07. The number of nitrogens with one attached hydrogen (secondary N) is 2. The average molecular weight is 328 g/mol. The van der Waals surface area contributed by atoms with Crippen molar-refractivity contribution < 1.29 is 14.6 Å². The lowest BCUT2D eigenvalue weighted by atomic mass is 10.1. The van der Waals surface area contributed by atoms with Gasteiger partial charge < -0.3 is 20.5 Å². The van der Waals surface area contributed by atoms with Crippen LogP contribution in [-0.4, -0.2) is 24.2 Å². The van der Waals surface area contributed by atoms with Crippen LogP contribution in [0.3, 0.4) is 0 Å². The monoisotopic (exact) mass is 328 g/mol. The van der Waals surface area contributed by atoms with Crippen LogP contribution in [-0.2, 0) is 16.1 Å². The number of benzene rings is 2. The molecule has 0 saturated heterocycles. The number of ether oxygens (including phenoxy) is 1. The SMILES string of the molecule is COC(C)C(=O)Nc1cccc(NC(C)c2cccc(CO)c2)c1. The molecule has 0 bridgehead atoms. The number of carbonyl (C=O) groups excluding carboxylic acids is 1. The van der Waals surface area contributed by atoms with Crippen LogP contribution in [0.25, 0.3) is 0 Å². The van der Waals surface area contributed by atoms with Gasteiger partial charge in [-0.25, -0.2) is 0 Å². The molecule has 0 heterocycles. The van der Waals surface area contributed by atoms with E-state index in [-0.39, 0.29) is 18.6 Å². The van der Waals surface area contributed by atoms with Gasteiger partial charge in [0.05, 0.1) is 6.61 Å². The molecule has 0 fully saturated rings. The molecule has 5 nitrogen and oxygen atoms in total. The van der Waals surface area contributed by atoms with E-state index in [1.165, 1.54) is 7.11 Å². The first kappa shape index (κ1) is 18.0. The van der Waals surface area contributed by atoms with Crippen molar-refractivity contribution in [3.63, 3.8) is 0 Å². The minimum Gasteiger partial charge on any atom is -0.392 e. The molecule has 5 heteroatoms. The number of anilines is 2. The van der Waals surface area contributed by atoms with Gasteiger partial charge in [-0.1, -0.05) is 30.3 Å². The summed E-state index contributed by atoms with van der Waals surface area (Å²) in [5, 5.41) is 15.5. The van der Waals surface area contributed by atoms with E-state index in [1.807, 2.05) is 48.5 Å². The Bertz CT molecular complexity index is 688. The second-order valence-corrected chi connectivity index (χ2v) is 5.72. The van der Waals surface area contributed by atoms with E-state index in [0.717, 1.165) is 16.8 Å². The molecule has 3 N–H and O–H groups in total. The van der Waals surface area contributed by atoms with Crippen LogP contribution in [0.1, 0.15) is 31.0 Å². The van der Waals surface area contributed by atoms with Crippen molar-refractivity contribution in [1.82, 2.24) is 0 Å². The first-order valence-corrected chi connectivity index (χ1v) is 7.93. The van der Waals surface area contributed by atoms with Crippen molar-refractivity contribution in [3.8, 4) is 0 Å². The fourth-order valence-electron chi connectivity index (χ4n) is 2.33. The second kappa shape index (κ2) is 8.47. The van der Waals surface area contributed by atoms with Crippen LogP contribution < -0.4 is 10.6 Å². The molecule has 2 atom stereocenters. The summed E-state index contributed by atoms with van der Waals surface area (Å²) in [5.41, 5.74) is 3.59. The van der Waals surface area contributed by atoms with Crippen LogP contribution in [0.2, 0.25) is 0 Å². The lowest BCUT2D eigenvalue weighted by Gasteiger charge is -2.17. The summed E-state index contributed by atoms with van der Waals surface area (Å²) in [6.45, 7) is 3.78. The predicted molar refractivity (Wildman–Crippen MR) is 95.9 cm³/mol. The fourth-order valence-corrected chi connectivity index (χ4v) is 2.33. The number of rotatable bonds is 7. The molecule has 24 heavy (non-hydrogen) atoms. The number of amides is 1. The third-order valence-corrected chi connectivity index (χ3v) is 3.87. The second-order valence-electron chi connectivity index (χ2n) is 5.72. The highest BCUT2D eigenvalue weighted by molar-refractivity contribution is 5.94.